The fraction of sp³-hybridized carbons (Fsp3) is 0.444. The molecule has 0 bridgehead atoms. The van der Waals surface area contributed by atoms with Gasteiger partial charge in [0, 0.05) is 31.3 Å². The summed E-state index contributed by atoms with van der Waals surface area (Å²) in [6.45, 7) is 2.30. The van der Waals surface area contributed by atoms with Crippen LogP contribution >= 0.6 is 0 Å². The van der Waals surface area contributed by atoms with Crippen molar-refractivity contribution in [2.75, 3.05) is 11.9 Å². The van der Waals surface area contributed by atoms with Crippen LogP contribution in [0, 0.1) is 5.92 Å². The van der Waals surface area contributed by atoms with E-state index in [2.05, 4.69) is 15.3 Å². The van der Waals surface area contributed by atoms with E-state index < -0.39 is 0 Å². The van der Waals surface area contributed by atoms with Crippen molar-refractivity contribution in [1.82, 2.24) is 9.97 Å². The lowest BCUT2D eigenvalue weighted by molar-refractivity contribution is -0.120. The number of carbonyl (C=O) groups excluding carboxylic acids is 1. The summed E-state index contributed by atoms with van der Waals surface area (Å²) in [4.78, 5) is 19.4. The van der Waals surface area contributed by atoms with Crippen LogP contribution in [0.25, 0.3) is 0 Å². The molecule has 1 aromatic heterocycles. The molecule has 0 fully saturated rings. The number of nitrogens with one attached hydrogen (secondary N) is 1. The number of anilines is 1. The Bertz CT molecular complexity index is 337. The molecule has 1 atom stereocenters. The van der Waals surface area contributed by atoms with Gasteiger partial charge in [0.1, 0.15) is 11.6 Å². The average Bonchev–Trinajstić information content (AvgIpc) is 2.17. The molecule has 2 heterocycles. The summed E-state index contributed by atoms with van der Waals surface area (Å²) in [6, 6.07) is 0. The molecule has 1 N–H and O–H groups in total. The molecule has 4 nitrogen and oxygen atoms in total. The van der Waals surface area contributed by atoms with Crippen LogP contribution in [0.1, 0.15) is 12.6 Å². The highest BCUT2D eigenvalue weighted by Gasteiger charge is 2.22. The van der Waals surface area contributed by atoms with Crippen molar-refractivity contribution in [1.29, 1.82) is 0 Å². The lowest BCUT2D eigenvalue weighted by Gasteiger charge is -2.21. The second kappa shape index (κ2) is 3.12. The molecular weight excluding hydrogens is 166 g/mol. The van der Waals surface area contributed by atoms with Gasteiger partial charge in [-0.2, -0.15) is 0 Å². The Morgan fingerprint density at radius 2 is 2.31 bits per heavy atom. The summed E-state index contributed by atoms with van der Waals surface area (Å²) < 4.78 is 0. The number of nitrogens with zero attached hydrogens (tertiary/aromatic N) is 2. The number of rotatable bonds is 1. The third kappa shape index (κ3) is 1.52. The summed E-state index contributed by atoms with van der Waals surface area (Å²) in [6.07, 6.45) is 4.02. The first-order chi connectivity index (χ1) is 6.27. The number of fused-ring (bicyclic) bond motifs is 1. The van der Waals surface area contributed by atoms with Gasteiger partial charge in [0.05, 0.1) is 5.69 Å². The quantitative estimate of drug-likeness (QED) is 0.684. The van der Waals surface area contributed by atoms with E-state index in [9.17, 15) is 4.79 Å². The molecule has 1 aliphatic rings. The van der Waals surface area contributed by atoms with Gasteiger partial charge in [-0.15, -0.1) is 0 Å². The summed E-state index contributed by atoms with van der Waals surface area (Å²) >= 11 is 0. The van der Waals surface area contributed by atoms with Crippen LogP contribution in [-0.2, 0) is 11.2 Å². The van der Waals surface area contributed by atoms with Gasteiger partial charge in [0.15, 0.2) is 0 Å². The van der Waals surface area contributed by atoms with Crippen LogP contribution in [0.5, 0.6) is 0 Å². The Morgan fingerprint density at radius 3 is 3.08 bits per heavy atom. The van der Waals surface area contributed by atoms with Crippen molar-refractivity contribution in [2.24, 2.45) is 5.92 Å². The SMILES string of the molecule is CC(=O)C1CNc2nccnc2C1. The van der Waals surface area contributed by atoms with E-state index in [0.717, 1.165) is 11.5 Å². The molecule has 0 aliphatic carbocycles. The van der Waals surface area contributed by atoms with Crippen LogP contribution in [-0.4, -0.2) is 22.3 Å². The maximum absolute atomic E-state index is 11.1. The summed E-state index contributed by atoms with van der Waals surface area (Å²) in [5, 5.41) is 3.10. The van der Waals surface area contributed by atoms with E-state index in [1.165, 1.54) is 0 Å². The van der Waals surface area contributed by atoms with Crippen LogP contribution < -0.4 is 5.32 Å². The molecule has 0 spiro atoms. The minimum atomic E-state index is 0.0594. The molecule has 0 saturated heterocycles. The Morgan fingerprint density at radius 1 is 1.54 bits per heavy atom. The second-order valence-electron chi connectivity index (χ2n) is 3.24. The molecule has 13 heavy (non-hydrogen) atoms. The van der Waals surface area contributed by atoms with E-state index in [1.54, 1.807) is 19.3 Å². The predicted octanol–water partition coefficient (Wildman–Crippen LogP) is 0.650. The highest BCUT2D eigenvalue weighted by atomic mass is 16.1. The maximum atomic E-state index is 11.1. The maximum Gasteiger partial charge on any atom is 0.147 e. The standard InChI is InChI=1S/C9H11N3O/c1-6(13)7-4-8-9(12-5-7)11-3-2-10-8/h2-3,7H,4-5H2,1H3,(H,11,12). The van der Waals surface area contributed by atoms with Gasteiger partial charge in [0.25, 0.3) is 0 Å². The van der Waals surface area contributed by atoms with Gasteiger partial charge in [-0.3, -0.25) is 9.78 Å². The fourth-order valence-electron chi connectivity index (χ4n) is 1.48. The van der Waals surface area contributed by atoms with Crippen LogP contribution in [0.15, 0.2) is 12.4 Å². The van der Waals surface area contributed by atoms with Gasteiger partial charge in [0.2, 0.25) is 0 Å². The highest BCUT2D eigenvalue weighted by Crippen LogP contribution is 2.20. The zero-order valence-corrected chi connectivity index (χ0v) is 7.45. The topological polar surface area (TPSA) is 54.9 Å². The number of aromatic nitrogens is 2. The molecule has 4 heteroatoms. The van der Waals surface area contributed by atoms with Crippen molar-refractivity contribution in [3.63, 3.8) is 0 Å². The summed E-state index contributed by atoms with van der Waals surface area (Å²) in [5.74, 6) is 1.09. The molecule has 1 unspecified atom stereocenters. The molecule has 0 radical (unpaired) electrons. The van der Waals surface area contributed by atoms with Crippen molar-refractivity contribution < 1.29 is 4.79 Å². The highest BCUT2D eigenvalue weighted by molar-refractivity contribution is 5.80. The van der Waals surface area contributed by atoms with Crippen LogP contribution in [0.4, 0.5) is 5.82 Å². The number of carbonyl (C=O) groups is 1. The minimum Gasteiger partial charge on any atom is -0.368 e. The fourth-order valence-corrected chi connectivity index (χ4v) is 1.48. The Hall–Kier alpha value is -1.45. The first-order valence-corrected chi connectivity index (χ1v) is 4.31. The third-order valence-electron chi connectivity index (χ3n) is 2.30. The van der Waals surface area contributed by atoms with E-state index in [-0.39, 0.29) is 11.7 Å². The molecular formula is C9H11N3O. The molecule has 1 aliphatic heterocycles. The smallest absolute Gasteiger partial charge is 0.147 e. The first-order valence-electron chi connectivity index (χ1n) is 4.31. The lowest BCUT2D eigenvalue weighted by Crippen LogP contribution is -2.29. The zero-order chi connectivity index (χ0) is 9.26. The lowest BCUT2D eigenvalue weighted by atomic mass is 9.96. The predicted molar refractivity (Wildman–Crippen MR) is 48.4 cm³/mol. The second-order valence-corrected chi connectivity index (χ2v) is 3.24. The van der Waals surface area contributed by atoms with Crippen LogP contribution in [0.3, 0.4) is 0 Å². The van der Waals surface area contributed by atoms with E-state index in [0.29, 0.717) is 13.0 Å². The number of hydrogen-bond donors (Lipinski definition) is 1. The third-order valence-corrected chi connectivity index (χ3v) is 2.30. The van der Waals surface area contributed by atoms with Crippen LogP contribution in [0.2, 0.25) is 0 Å². The van der Waals surface area contributed by atoms with E-state index >= 15 is 0 Å². The van der Waals surface area contributed by atoms with Gasteiger partial charge >= 0.3 is 0 Å². The molecule has 0 saturated carbocycles. The summed E-state index contributed by atoms with van der Waals surface area (Å²) in [5.41, 5.74) is 0.897. The van der Waals surface area contributed by atoms with Crippen molar-refractivity contribution in [3.05, 3.63) is 18.1 Å². The normalized spacial score (nSPS) is 20.2. The van der Waals surface area contributed by atoms with E-state index in [1.807, 2.05) is 0 Å². The van der Waals surface area contributed by atoms with Crippen molar-refractivity contribution >= 4 is 11.6 Å². The molecule has 2 rings (SSSR count). The summed E-state index contributed by atoms with van der Waals surface area (Å²) in [7, 11) is 0. The monoisotopic (exact) mass is 177 g/mol. The van der Waals surface area contributed by atoms with Gasteiger partial charge in [-0.1, -0.05) is 0 Å². The van der Waals surface area contributed by atoms with Crippen molar-refractivity contribution in [2.45, 2.75) is 13.3 Å². The zero-order valence-electron chi connectivity index (χ0n) is 7.45. The van der Waals surface area contributed by atoms with E-state index in [4.69, 9.17) is 0 Å². The molecule has 1 aromatic rings. The van der Waals surface area contributed by atoms with Gasteiger partial charge in [-0.05, 0) is 6.92 Å². The minimum absolute atomic E-state index is 0.0594. The molecule has 68 valence electrons. The number of hydrogen-bond acceptors (Lipinski definition) is 4. The molecule has 0 aromatic carbocycles. The first kappa shape index (κ1) is 8.16. The number of Topliss-reactive ketones (excluding diaryl/α,β-unsaturated/α-hetero) is 1. The number of ketones is 1. The van der Waals surface area contributed by atoms with Crippen molar-refractivity contribution in [3.8, 4) is 0 Å². The van der Waals surface area contributed by atoms with Gasteiger partial charge in [-0.25, -0.2) is 4.98 Å². The Kier molecular flexibility index (Phi) is 1.96. The Balaban J connectivity index is 2.24. The largest absolute Gasteiger partial charge is 0.368 e. The average molecular weight is 177 g/mol. The molecule has 0 amide bonds. The van der Waals surface area contributed by atoms with Gasteiger partial charge < -0.3 is 5.32 Å². The Labute approximate surface area is 76.4 Å².